The minimum Gasteiger partial charge on any atom is -0.494 e. The quantitative estimate of drug-likeness (QED) is 0.531. The molecule has 0 aliphatic carbocycles. The van der Waals surface area contributed by atoms with Gasteiger partial charge < -0.3 is 23.9 Å². The predicted octanol–water partition coefficient (Wildman–Crippen LogP) is 4.32. The molecule has 0 bridgehead atoms. The monoisotopic (exact) mass is 421 g/mol. The summed E-state index contributed by atoms with van der Waals surface area (Å²) in [7, 11) is 1.40. The van der Waals surface area contributed by atoms with E-state index in [4.69, 9.17) is 14.1 Å². The molecule has 9 heteroatoms. The minimum atomic E-state index is -0.527. The van der Waals surface area contributed by atoms with Gasteiger partial charge in [-0.15, -0.1) is 0 Å². The van der Waals surface area contributed by atoms with Crippen LogP contribution in [-0.2, 0) is 0 Å². The summed E-state index contributed by atoms with van der Waals surface area (Å²) in [4.78, 5) is 23.7. The van der Waals surface area contributed by atoms with Gasteiger partial charge >= 0.3 is 6.03 Å². The molecule has 158 valence electrons. The number of carbonyl (C=O) groups excluding carboxylic acids is 1. The minimum absolute atomic E-state index is 0.00292. The van der Waals surface area contributed by atoms with E-state index in [0.29, 0.717) is 18.8 Å². The molecular weight excluding hydrogens is 401 g/mol. The Bertz CT molecular complexity index is 1240. The van der Waals surface area contributed by atoms with Crippen LogP contribution < -0.4 is 10.1 Å². The van der Waals surface area contributed by atoms with Crippen LogP contribution in [0.4, 0.5) is 14.9 Å². The topological polar surface area (TPSA) is 85.4 Å². The van der Waals surface area contributed by atoms with Crippen molar-refractivity contribution in [2.24, 2.45) is 0 Å². The number of nitrogens with zero attached hydrogens (tertiary/aromatic N) is 4. The Morgan fingerprint density at radius 3 is 3.00 bits per heavy atom. The van der Waals surface area contributed by atoms with Gasteiger partial charge in [0.2, 0.25) is 0 Å². The lowest BCUT2D eigenvalue weighted by molar-refractivity contribution is 0.221. The van der Waals surface area contributed by atoms with Crippen LogP contribution in [0.5, 0.6) is 5.75 Å². The molecule has 1 atom stereocenters. The van der Waals surface area contributed by atoms with Gasteiger partial charge in [-0.25, -0.2) is 19.2 Å². The number of likely N-dealkylation sites (tertiary alicyclic amines) is 1. The number of carbonyl (C=O) groups is 1. The van der Waals surface area contributed by atoms with Gasteiger partial charge in [-0.05, 0) is 36.8 Å². The Morgan fingerprint density at radius 1 is 1.32 bits per heavy atom. The molecule has 1 aliphatic heterocycles. The van der Waals surface area contributed by atoms with Gasteiger partial charge in [0.1, 0.15) is 17.6 Å². The summed E-state index contributed by atoms with van der Waals surface area (Å²) in [6, 6.07) is 9.68. The molecular formula is C22H20FN5O3. The molecule has 31 heavy (non-hydrogen) atoms. The number of nitrogens with one attached hydrogen (secondary N) is 1. The molecule has 0 spiro atoms. The van der Waals surface area contributed by atoms with E-state index in [-0.39, 0.29) is 17.8 Å². The second kappa shape index (κ2) is 7.75. The van der Waals surface area contributed by atoms with Crippen molar-refractivity contribution in [3.05, 3.63) is 60.9 Å². The molecule has 3 aromatic heterocycles. The fourth-order valence-electron chi connectivity index (χ4n) is 3.95. The van der Waals surface area contributed by atoms with E-state index in [1.807, 2.05) is 18.2 Å². The summed E-state index contributed by atoms with van der Waals surface area (Å²) in [5.41, 5.74) is 2.79. The lowest BCUT2D eigenvalue weighted by Gasteiger charge is -2.19. The lowest BCUT2D eigenvalue weighted by atomic mass is 10.2. The van der Waals surface area contributed by atoms with Gasteiger partial charge in [-0.1, -0.05) is 0 Å². The third-order valence-electron chi connectivity index (χ3n) is 5.45. The Labute approximate surface area is 177 Å². The first-order valence-electron chi connectivity index (χ1n) is 9.89. The van der Waals surface area contributed by atoms with E-state index in [1.165, 1.54) is 19.2 Å². The fourth-order valence-corrected chi connectivity index (χ4v) is 3.95. The fraction of sp³-hybridized carbons (Fsp3) is 0.227. The van der Waals surface area contributed by atoms with Gasteiger partial charge in [0.15, 0.2) is 17.2 Å². The SMILES string of the molecule is COc1ccc(NC(=O)N2CCC(n3c(-c4ccoc4)nc4cccnc43)C2)cc1F. The number of benzene rings is 1. The van der Waals surface area contributed by atoms with Crippen LogP contribution in [0.15, 0.2) is 59.5 Å². The summed E-state index contributed by atoms with van der Waals surface area (Å²) >= 11 is 0. The number of ether oxygens (including phenoxy) is 1. The highest BCUT2D eigenvalue weighted by Crippen LogP contribution is 2.32. The van der Waals surface area contributed by atoms with Crippen LogP contribution in [0.3, 0.4) is 0 Å². The summed E-state index contributed by atoms with van der Waals surface area (Å²) < 4.78 is 26.2. The Hall–Kier alpha value is -3.88. The molecule has 4 heterocycles. The van der Waals surface area contributed by atoms with Gasteiger partial charge in [0.25, 0.3) is 0 Å². The van der Waals surface area contributed by atoms with E-state index < -0.39 is 5.82 Å². The van der Waals surface area contributed by atoms with Gasteiger partial charge in [0.05, 0.1) is 25.0 Å². The molecule has 0 radical (unpaired) electrons. The molecule has 1 fully saturated rings. The number of furan rings is 1. The third-order valence-corrected chi connectivity index (χ3v) is 5.45. The maximum Gasteiger partial charge on any atom is 0.321 e. The zero-order chi connectivity index (χ0) is 21.4. The van der Waals surface area contributed by atoms with Crippen molar-refractivity contribution in [2.75, 3.05) is 25.5 Å². The second-order valence-electron chi connectivity index (χ2n) is 7.33. The van der Waals surface area contributed by atoms with Crippen molar-refractivity contribution < 1.29 is 18.3 Å². The molecule has 1 N–H and O–H groups in total. The first-order valence-corrected chi connectivity index (χ1v) is 9.89. The molecule has 2 amide bonds. The number of methoxy groups -OCH3 is 1. The average Bonchev–Trinajstić information content (AvgIpc) is 3.52. The van der Waals surface area contributed by atoms with Crippen LogP contribution in [0, 0.1) is 5.82 Å². The molecule has 4 aromatic rings. The van der Waals surface area contributed by atoms with E-state index in [9.17, 15) is 9.18 Å². The normalized spacial score (nSPS) is 16.1. The smallest absolute Gasteiger partial charge is 0.321 e. The number of hydrogen-bond acceptors (Lipinski definition) is 5. The number of urea groups is 1. The predicted molar refractivity (Wildman–Crippen MR) is 112 cm³/mol. The number of pyridine rings is 1. The van der Waals surface area contributed by atoms with Crippen molar-refractivity contribution in [2.45, 2.75) is 12.5 Å². The summed E-state index contributed by atoms with van der Waals surface area (Å²) in [6.07, 6.45) is 5.73. The lowest BCUT2D eigenvalue weighted by Crippen LogP contribution is -2.33. The highest BCUT2D eigenvalue weighted by molar-refractivity contribution is 5.89. The zero-order valence-corrected chi connectivity index (χ0v) is 16.8. The zero-order valence-electron chi connectivity index (χ0n) is 16.8. The molecule has 5 rings (SSSR count). The molecule has 1 aliphatic rings. The number of rotatable bonds is 4. The van der Waals surface area contributed by atoms with E-state index in [1.54, 1.807) is 29.7 Å². The van der Waals surface area contributed by atoms with Gasteiger partial charge in [-0.3, -0.25) is 0 Å². The molecule has 8 nitrogen and oxygen atoms in total. The number of fused-ring (bicyclic) bond motifs is 1. The van der Waals surface area contributed by atoms with Gasteiger partial charge in [-0.2, -0.15) is 0 Å². The molecule has 0 saturated carbocycles. The summed E-state index contributed by atoms with van der Waals surface area (Å²) in [6.45, 7) is 1.05. The first-order chi connectivity index (χ1) is 15.1. The van der Waals surface area contributed by atoms with Crippen molar-refractivity contribution >= 4 is 22.9 Å². The van der Waals surface area contributed by atoms with Crippen LogP contribution in [-0.4, -0.2) is 45.7 Å². The van der Waals surface area contributed by atoms with Crippen LogP contribution in [0.1, 0.15) is 12.5 Å². The Balaban J connectivity index is 1.38. The number of amides is 2. The first kappa shape index (κ1) is 19.1. The standard InChI is InChI=1S/C22H20FN5O3/c1-30-19-5-4-15(11-17(19)23)25-22(29)27-9-6-16(12-27)28-20(14-7-10-31-13-14)26-18-3-2-8-24-21(18)28/h2-5,7-8,10-11,13,16H,6,9,12H2,1H3,(H,25,29). The number of aromatic nitrogens is 3. The van der Waals surface area contributed by atoms with E-state index >= 15 is 0 Å². The van der Waals surface area contributed by atoms with Crippen molar-refractivity contribution in [1.82, 2.24) is 19.4 Å². The summed E-state index contributed by atoms with van der Waals surface area (Å²) in [5, 5.41) is 2.76. The number of halogens is 1. The Morgan fingerprint density at radius 2 is 2.23 bits per heavy atom. The number of hydrogen-bond donors (Lipinski definition) is 1. The number of anilines is 1. The van der Waals surface area contributed by atoms with E-state index in [2.05, 4.69) is 14.9 Å². The molecule has 1 unspecified atom stereocenters. The van der Waals surface area contributed by atoms with Crippen LogP contribution in [0.25, 0.3) is 22.6 Å². The van der Waals surface area contributed by atoms with Crippen LogP contribution >= 0.6 is 0 Å². The number of imidazole rings is 1. The summed E-state index contributed by atoms with van der Waals surface area (Å²) in [5.74, 6) is 0.359. The van der Waals surface area contributed by atoms with Gasteiger partial charge in [0, 0.05) is 31.0 Å². The van der Waals surface area contributed by atoms with Crippen molar-refractivity contribution in [3.8, 4) is 17.1 Å². The largest absolute Gasteiger partial charge is 0.494 e. The third kappa shape index (κ3) is 3.48. The van der Waals surface area contributed by atoms with Crippen molar-refractivity contribution in [1.29, 1.82) is 0 Å². The van der Waals surface area contributed by atoms with Crippen molar-refractivity contribution in [3.63, 3.8) is 0 Å². The Kier molecular flexibility index (Phi) is 4.78. The second-order valence-corrected chi connectivity index (χ2v) is 7.33. The highest BCUT2D eigenvalue weighted by Gasteiger charge is 2.31. The van der Waals surface area contributed by atoms with E-state index in [0.717, 1.165) is 29.0 Å². The molecule has 1 aromatic carbocycles. The molecule has 1 saturated heterocycles. The maximum atomic E-state index is 13.9. The highest BCUT2D eigenvalue weighted by atomic mass is 19.1. The maximum absolute atomic E-state index is 13.9. The average molecular weight is 421 g/mol. The van der Waals surface area contributed by atoms with Crippen LogP contribution in [0.2, 0.25) is 0 Å².